The summed E-state index contributed by atoms with van der Waals surface area (Å²) in [4.78, 5) is 17.7. The Morgan fingerprint density at radius 1 is 1.00 bits per heavy atom. The van der Waals surface area contributed by atoms with E-state index in [4.69, 9.17) is 4.52 Å². The second-order valence-corrected chi connectivity index (χ2v) is 10.9. The third kappa shape index (κ3) is 6.22. The van der Waals surface area contributed by atoms with Gasteiger partial charge >= 0.3 is 12.1 Å². The molecule has 1 atom stereocenters. The number of aryl methyl sites for hydroxylation is 1. The van der Waals surface area contributed by atoms with Crippen molar-refractivity contribution in [2.75, 3.05) is 7.05 Å². The number of carbonyl (C=O) groups is 1. The van der Waals surface area contributed by atoms with Crippen LogP contribution in [0.2, 0.25) is 0 Å². The fourth-order valence-electron chi connectivity index (χ4n) is 4.95. The van der Waals surface area contributed by atoms with Crippen LogP contribution in [0.25, 0.3) is 34.0 Å². The van der Waals surface area contributed by atoms with Crippen LogP contribution < -0.4 is 0 Å². The summed E-state index contributed by atoms with van der Waals surface area (Å²) >= 11 is 0. The first-order valence-corrected chi connectivity index (χ1v) is 12.5. The number of aromatic nitrogens is 2. The van der Waals surface area contributed by atoms with Crippen LogP contribution >= 0.6 is 0 Å². The van der Waals surface area contributed by atoms with Crippen LogP contribution in [0.4, 0.5) is 17.6 Å². The van der Waals surface area contributed by atoms with Crippen molar-refractivity contribution in [3.05, 3.63) is 83.2 Å². The molecule has 4 aromatic rings. The molecule has 0 radical (unpaired) electrons. The minimum atomic E-state index is -4.64. The van der Waals surface area contributed by atoms with Gasteiger partial charge in [0.05, 0.1) is 5.56 Å². The van der Waals surface area contributed by atoms with E-state index in [-0.39, 0.29) is 35.0 Å². The highest BCUT2D eigenvalue weighted by Gasteiger charge is 2.36. The van der Waals surface area contributed by atoms with Crippen LogP contribution in [-0.4, -0.2) is 39.2 Å². The standard InChI is InChI=1S/C30H29F4N3O3/c1-17-8-6-7-9-22(17)23-11-10-19(15-24(23)30(32,33)34)27-35-26(36-40-27)20-12-18(13-21(31)14-20)16-37(5)25(28(38)39)29(2,3)4/h6-15,25H,16H2,1-5H3,(H,38,39). The highest BCUT2D eigenvalue weighted by Crippen LogP contribution is 2.40. The molecule has 0 aliphatic heterocycles. The molecule has 0 bridgehead atoms. The minimum absolute atomic E-state index is 0.0134. The topological polar surface area (TPSA) is 79.5 Å². The van der Waals surface area contributed by atoms with Crippen molar-refractivity contribution >= 4 is 5.97 Å². The zero-order valence-electron chi connectivity index (χ0n) is 22.7. The van der Waals surface area contributed by atoms with E-state index in [1.807, 2.05) is 0 Å². The third-order valence-electron chi connectivity index (χ3n) is 6.58. The molecule has 0 amide bonds. The largest absolute Gasteiger partial charge is 0.480 e. The predicted molar refractivity (Wildman–Crippen MR) is 143 cm³/mol. The Balaban J connectivity index is 1.67. The molecule has 210 valence electrons. The quantitative estimate of drug-likeness (QED) is 0.238. The van der Waals surface area contributed by atoms with Gasteiger partial charge in [-0.05, 0) is 72.0 Å². The predicted octanol–water partition coefficient (Wildman–Crippen LogP) is 7.47. The summed E-state index contributed by atoms with van der Waals surface area (Å²) in [6.45, 7) is 7.27. The van der Waals surface area contributed by atoms with Gasteiger partial charge in [0.25, 0.3) is 5.89 Å². The summed E-state index contributed by atoms with van der Waals surface area (Å²) < 4.78 is 62.0. The summed E-state index contributed by atoms with van der Waals surface area (Å²) in [7, 11) is 1.64. The molecule has 1 N–H and O–H groups in total. The number of likely N-dealkylation sites (N-methyl/N-ethyl adjacent to an activating group) is 1. The Morgan fingerprint density at radius 2 is 1.70 bits per heavy atom. The maximum atomic E-state index is 14.6. The van der Waals surface area contributed by atoms with Gasteiger partial charge in [-0.25, -0.2) is 4.39 Å². The molecule has 40 heavy (non-hydrogen) atoms. The van der Waals surface area contributed by atoms with Gasteiger partial charge < -0.3 is 9.63 Å². The minimum Gasteiger partial charge on any atom is -0.480 e. The average Bonchev–Trinajstić information content (AvgIpc) is 3.32. The van der Waals surface area contributed by atoms with E-state index in [1.165, 1.54) is 24.3 Å². The monoisotopic (exact) mass is 555 g/mol. The molecule has 0 spiro atoms. The summed E-state index contributed by atoms with van der Waals surface area (Å²) in [6.07, 6.45) is -4.64. The normalized spacial score (nSPS) is 13.1. The van der Waals surface area contributed by atoms with E-state index in [2.05, 4.69) is 10.1 Å². The van der Waals surface area contributed by atoms with Gasteiger partial charge in [0.1, 0.15) is 11.9 Å². The molecule has 0 aliphatic rings. The number of carboxylic acids is 1. The first-order chi connectivity index (χ1) is 18.6. The Hall–Kier alpha value is -4.05. The van der Waals surface area contributed by atoms with Crippen LogP contribution in [0, 0.1) is 18.2 Å². The number of rotatable bonds is 7. The van der Waals surface area contributed by atoms with Gasteiger partial charge in [-0.2, -0.15) is 18.2 Å². The van der Waals surface area contributed by atoms with E-state index in [0.29, 0.717) is 16.7 Å². The van der Waals surface area contributed by atoms with E-state index in [1.54, 1.807) is 70.0 Å². The highest BCUT2D eigenvalue weighted by atomic mass is 19.4. The molecule has 0 fully saturated rings. The van der Waals surface area contributed by atoms with Crippen molar-refractivity contribution in [3.63, 3.8) is 0 Å². The number of hydrogen-bond donors (Lipinski definition) is 1. The van der Waals surface area contributed by atoms with Crippen LogP contribution in [0.1, 0.15) is 37.5 Å². The zero-order valence-corrected chi connectivity index (χ0v) is 22.7. The Bertz CT molecular complexity index is 1540. The summed E-state index contributed by atoms with van der Waals surface area (Å²) in [5, 5.41) is 13.6. The fourth-order valence-corrected chi connectivity index (χ4v) is 4.95. The highest BCUT2D eigenvalue weighted by molar-refractivity contribution is 5.75. The number of nitrogens with zero attached hydrogens (tertiary/aromatic N) is 3. The van der Waals surface area contributed by atoms with E-state index < -0.39 is 35.0 Å². The summed E-state index contributed by atoms with van der Waals surface area (Å²) in [6, 6.07) is 13.8. The van der Waals surface area contributed by atoms with Gasteiger partial charge in [-0.15, -0.1) is 0 Å². The van der Waals surface area contributed by atoms with Gasteiger partial charge in [0, 0.05) is 17.7 Å². The Morgan fingerprint density at radius 3 is 2.33 bits per heavy atom. The van der Waals surface area contributed by atoms with Crippen molar-refractivity contribution < 1.29 is 32.0 Å². The van der Waals surface area contributed by atoms with Crippen LogP contribution in [-0.2, 0) is 17.5 Å². The van der Waals surface area contributed by atoms with E-state index in [9.17, 15) is 27.5 Å². The fraction of sp³-hybridized carbons (Fsp3) is 0.300. The molecular formula is C30H29F4N3O3. The average molecular weight is 556 g/mol. The Labute approximate surface area is 229 Å². The lowest BCUT2D eigenvalue weighted by atomic mass is 9.85. The molecule has 4 rings (SSSR count). The molecule has 6 nitrogen and oxygen atoms in total. The number of carboxylic acid groups (broad SMARTS) is 1. The van der Waals surface area contributed by atoms with E-state index >= 15 is 0 Å². The molecule has 0 saturated carbocycles. The molecule has 0 saturated heterocycles. The second kappa shape index (κ2) is 10.8. The number of halogens is 4. The first kappa shape index (κ1) is 28.9. The molecule has 1 unspecified atom stereocenters. The lowest BCUT2D eigenvalue weighted by molar-refractivity contribution is -0.147. The lowest BCUT2D eigenvalue weighted by Gasteiger charge is -2.34. The number of aliphatic carboxylic acids is 1. The van der Waals surface area contributed by atoms with Gasteiger partial charge in [0.2, 0.25) is 5.82 Å². The number of hydrogen-bond acceptors (Lipinski definition) is 5. The maximum Gasteiger partial charge on any atom is 0.417 e. The molecule has 0 aliphatic carbocycles. The van der Waals surface area contributed by atoms with E-state index in [0.717, 1.165) is 6.07 Å². The van der Waals surface area contributed by atoms with Gasteiger partial charge in [-0.1, -0.05) is 56.3 Å². The van der Waals surface area contributed by atoms with Crippen molar-refractivity contribution in [1.82, 2.24) is 15.0 Å². The van der Waals surface area contributed by atoms with Crippen molar-refractivity contribution in [1.29, 1.82) is 0 Å². The van der Waals surface area contributed by atoms with Gasteiger partial charge in [0.15, 0.2) is 0 Å². The second-order valence-electron chi connectivity index (χ2n) is 10.9. The smallest absolute Gasteiger partial charge is 0.417 e. The molecule has 10 heteroatoms. The Kier molecular flexibility index (Phi) is 7.85. The third-order valence-corrected chi connectivity index (χ3v) is 6.58. The molecule has 1 aromatic heterocycles. The van der Waals surface area contributed by atoms with Crippen molar-refractivity contribution in [3.8, 4) is 34.0 Å². The number of alkyl halides is 3. The van der Waals surface area contributed by atoms with Crippen LogP contribution in [0.5, 0.6) is 0 Å². The SMILES string of the molecule is Cc1ccccc1-c1ccc(-c2nc(-c3cc(F)cc(CN(C)C(C(=O)O)C(C)(C)C)c3)no2)cc1C(F)(F)F. The van der Waals surface area contributed by atoms with Crippen LogP contribution in [0.15, 0.2) is 65.2 Å². The lowest BCUT2D eigenvalue weighted by Crippen LogP contribution is -2.47. The summed E-state index contributed by atoms with van der Waals surface area (Å²) in [5.41, 5.74) is 0.546. The molecule has 3 aromatic carbocycles. The van der Waals surface area contributed by atoms with Gasteiger partial charge in [-0.3, -0.25) is 9.69 Å². The summed E-state index contributed by atoms with van der Waals surface area (Å²) in [5.74, 6) is -1.77. The molecule has 1 heterocycles. The maximum absolute atomic E-state index is 14.6. The van der Waals surface area contributed by atoms with Crippen LogP contribution in [0.3, 0.4) is 0 Å². The zero-order chi connectivity index (χ0) is 29.4. The first-order valence-electron chi connectivity index (χ1n) is 12.5. The number of benzene rings is 3. The van der Waals surface area contributed by atoms with Crippen molar-refractivity contribution in [2.24, 2.45) is 5.41 Å². The van der Waals surface area contributed by atoms with Crippen molar-refractivity contribution in [2.45, 2.75) is 46.5 Å². The molecular weight excluding hydrogens is 526 g/mol.